The molecule has 0 radical (unpaired) electrons. The van der Waals surface area contributed by atoms with Crippen molar-refractivity contribution in [2.24, 2.45) is 0 Å². The van der Waals surface area contributed by atoms with Crippen LogP contribution >= 0.6 is 0 Å². The van der Waals surface area contributed by atoms with Gasteiger partial charge in [0.15, 0.2) is 0 Å². The Labute approximate surface area is 89.3 Å². The van der Waals surface area contributed by atoms with E-state index < -0.39 is 0 Å². The van der Waals surface area contributed by atoms with Crippen molar-refractivity contribution in [3.63, 3.8) is 0 Å². The number of methoxy groups -OCH3 is 2. The molecule has 1 heterocycles. The Morgan fingerprint density at radius 3 is 2.67 bits per heavy atom. The summed E-state index contributed by atoms with van der Waals surface area (Å²) in [5.41, 5.74) is 0.969. The highest BCUT2D eigenvalue weighted by Gasteiger charge is 2.16. The molecule has 0 N–H and O–H groups in total. The first-order valence-corrected chi connectivity index (χ1v) is 4.85. The molecule has 0 bridgehead atoms. The molecule has 0 spiro atoms. The van der Waals surface area contributed by atoms with Gasteiger partial charge in [-0.3, -0.25) is 0 Å². The third-order valence-electron chi connectivity index (χ3n) is 2.38. The fourth-order valence-corrected chi connectivity index (χ4v) is 1.60. The number of fused-ring (bicyclic) bond motifs is 1. The largest absolute Gasteiger partial charge is 0.496 e. The molecule has 3 nitrogen and oxygen atoms in total. The van der Waals surface area contributed by atoms with Crippen molar-refractivity contribution in [2.45, 2.75) is 13.0 Å². The smallest absolute Gasteiger partial charge is 0.134 e. The van der Waals surface area contributed by atoms with Crippen molar-refractivity contribution in [1.29, 1.82) is 0 Å². The molecule has 80 valence electrons. The summed E-state index contributed by atoms with van der Waals surface area (Å²) in [6, 6.07) is 3.72. The lowest BCUT2D eigenvalue weighted by atomic mass is 10.1. The van der Waals surface area contributed by atoms with Crippen LogP contribution in [-0.4, -0.2) is 20.3 Å². The number of rotatable bonds is 2. The molecule has 2 rings (SSSR count). The molecule has 1 aliphatic heterocycles. The predicted molar refractivity (Wildman–Crippen MR) is 58.7 cm³/mol. The molecule has 0 unspecified atom stereocenters. The summed E-state index contributed by atoms with van der Waals surface area (Å²) in [6.07, 6.45) is 4.10. The average Bonchev–Trinajstić information content (AvgIpc) is 2.26. The first kappa shape index (κ1) is 9.90. The van der Waals surface area contributed by atoms with Gasteiger partial charge in [0.05, 0.1) is 19.8 Å². The maximum absolute atomic E-state index is 5.67. The van der Waals surface area contributed by atoms with E-state index in [1.54, 1.807) is 14.2 Å². The lowest BCUT2D eigenvalue weighted by Crippen LogP contribution is -2.12. The fourth-order valence-electron chi connectivity index (χ4n) is 1.60. The van der Waals surface area contributed by atoms with Gasteiger partial charge < -0.3 is 14.2 Å². The van der Waals surface area contributed by atoms with Crippen molar-refractivity contribution in [3.05, 3.63) is 23.8 Å². The van der Waals surface area contributed by atoms with Crippen LogP contribution in [0.15, 0.2) is 18.2 Å². The Kier molecular flexibility index (Phi) is 2.54. The summed E-state index contributed by atoms with van der Waals surface area (Å²) in [4.78, 5) is 0. The lowest BCUT2D eigenvalue weighted by molar-refractivity contribution is 0.262. The summed E-state index contributed by atoms with van der Waals surface area (Å²) in [5, 5.41) is 0. The van der Waals surface area contributed by atoms with E-state index in [4.69, 9.17) is 14.2 Å². The molecule has 15 heavy (non-hydrogen) atoms. The van der Waals surface area contributed by atoms with Crippen LogP contribution in [0.25, 0.3) is 6.08 Å². The normalized spacial score (nSPS) is 17.9. The summed E-state index contributed by atoms with van der Waals surface area (Å²) in [7, 11) is 3.27. The topological polar surface area (TPSA) is 27.7 Å². The number of hydrogen-bond donors (Lipinski definition) is 0. The van der Waals surface area contributed by atoms with Crippen LogP contribution in [0.2, 0.25) is 0 Å². The van der Waals surface area contributed by atoms with Crippen LogP contribution in [0.1, 0.15) is 12.5 Å². The van der Waals surface area contributed by atoms with Crippen LogP contribution in [0.5, 0.6) is 17.2 Å². The van der Waals surface area contributed by atoms with E-state index in [9.17, 15) is 0 Å². The summed E-state index contributed by atoms with van der Waals surface area (Å²) in [5.74, 6) is 2.32. The van der Waals surface area contributed by atoms with Crippen LogP contribution in [0, 0.1) is 0 Å². The average molecular weight is 206 g/mol. The second-order valence-electron chi connectivity index (χ2n) is 3.42. The lowest BCUT2D eigenvalue weighted by Gasteiger charge is -2.20. The summed E-state index contributed by atoms with van der Waals surface area (Å²) < 4.78 is 16.1. The molecule has 0 aliphatic carbocycles. The standard InChI is InChI=1S/C12H14O3/c1-8-4-5-10-11(14-3)6-9(13-2)7-12(10)15-8/h4-8H,1-3H3/t8-/m0/s1. The van der Waals surface area contributed by atoms with E-state index in [0.29, 0.717) is 0 Å². The molecule has 3 heteroatoms. The molecule has 1 aromatic carbocycles. The molecule has 1 aromatic rings. The van der Waals surface area contributed by atoms with E-state index in [1.165, 1.54) is 0 Å². The van der Waals surface area contributed by atoms with Crippen molar-refractivity contribution < 1.29 is 14.2 Å². The maximum Gasteiger partial charge on any atom is 0.134 e. The van der Waals surface area contributed by atoms with Crippen LogP contribution in [0.3, 0.4) is 0 Å². The summed E-state index contributed by atoms with van der Waals surface area (Å²) >= 11 is 0. The van der Waals surface area contributed by atoms with Gasteiger partial charge in [-0.05, 0) is 19.1 Å². The highest BCUT2D eigenvalue weighted by molar-refractivity contribution is 5.68. The zero-order valence-electron chi connectivity index (χ0n) is 9.11. The van der Waals surface area contributed by atoms with Gasteiger partial charge in [0.2, 0.25) is 0 Å². The van der Waals surface area contributed by atoms with E-state index in [1.807, 2.05) is 31.2 Å². The van der Waals surface area contributed by atoms with Gasteiger partial charge in [-0.2, -0.15) is 0 Å². The second kappa shape index (κ2) is 3.85. The molecule has 0 saturated carbocycles. The van der Waals surface area contributed by atoms with Gasteiger partial charge in [-0.1, -0.05) is 0 Å². The van der Waals surface area contributed by atoms with E-state index in [2.05, 4.69) is 0 Å². The number of hydrogen-bond acceptors (Lipinski definition) is 3. The third kappa shape index (κ3) is 1.77. The minimum atomic E-state index is 0.0920. The zero-order valence-corrected chi connectivity index (χ0v) is 9.11. The van der Waals surface area contributed by atoms with Crippen LogP contribution in [0.4, 0.5) is 0 Å². The van der Waals surface area contributed by atoms with Gasteiger partial charge >= 0.3 is 0 Å². The summed E-state index contributed by atoms with van der Waals surface area (Å²) in [6.45, 7) is 1.99. The Balaban J connectivity index is 2.52. The quantitative estimate of drug-likeness (QED) is 0.744. The van der Waals surface area contributed by atoms with Crippen molar-refractivity contribution >= 4 is 6.08 Å². The molecule has 1 aliphatic rings. The second-order valence-corrected chi connectivity index (χ2v) is 3.42. The number of benzene rings is 1. The zero-order chi connectivity index (χ0) is 10.8. The van der Waals surface area contributed by atoms with E-state index in [-0.39, 0.29) is 6.10 Å². The molecular weight excluding hydrogens is 192 g/mol. The van der Waals surface area contributed by atoms with Gasteiger partial charge in [-0.15, -0.1) is 0 Å². The highest BCUT2D eigenvalue weighted by atomic mass is 16.5. The predicted octanol–water partition coefficient (Wildman–Crippen LogP) is 2.50. The van der Waals surface area contributed by atoms with Gasteiger partial charge in [0, 0.05) is 12.1 Å². The Morgan fingerprint density at radius 1 is 1.20 bits per heavy atom. The monoisotopic (exact) mass is 206 g/mol. The molecule has 0 aromatic heterocycles. The third-order valence-corrected chi connectivity index (χ3v) is 2.38. The van der Waals surface area contributed by atoms with Crippen LogP contribution in [-0.2, 0) is 0 Å². The SMILES string of the molecule is COc1cc(OC)c2c(c1)O[C@@H](C)C=C2. The van der Waals surface area contributed by atoms with Crippen molar-refractivity contribution in [2.75, 3.05) is 14.2 Å². The Morgan fingerprint density at radius 2 is 2.00 bits per heavy atom. The Hall–Kier alpha value is -1.64. The Bertz CT molecular complexity index is 396. The minimum Gasteiger partial charge on any atom is -0.496 e. The van der Waals surface area contributed by atoms with Gasteiger partial charge in [0.25, 0.3) is 0 Å². The van der Waals surface area contributed by atoms with Gasteiger partial charge in [0.1, 0.15) is 23.4 Å². The van der Waals surface area contributed by atoms with Crippen LogP contribution < -0.4 is 14.2 Å². The first-order valence-electron chi connectivity index (χ1n) is 4.85. The van der Waals surface area contributed by atoms with Gasteiger partial charge in [-0.25, -0.2) is 0 Å². The molecule has 0 amide bonds. The minimum absolute atomic E-state index is 0.0920. The molecule has 0 saturated heterocycles. The van der Waals surface area contributed by atoms with Crippen molar-refractivity contribution in [3.8, 4) is 17.2 Å². The molecule has 1 atom stereocenters. The van der Waals surface area contributed by atoms with E-state index in [0.717, 1.165) is 22.8 Å². The first-order chi connectivity index (χ1) is 7.24. The fraction of sp³-hybridized carbons (Fsp3) is 0.333. The highest BCUT2D eigenvalue weighted by Crippen LogP contribution is 2.37. The maximum atomic E-state index is 5.67. The van der Waals surface area contributed by atoms with Crippen molar-refractivity contribution in [1.82, 2.24) is 0 Å². The van der Waals surface area contributed by atoms with E-state index >= 15 is 0 Å². The molecule has 0 fully saturated rings. The molecular formula is C12H14O3. The number of ether oxygens (including phenoxy) is 3.